The second kappa shape index (κ2) is 4.49. The van der Waals surface area contributed by atoms with Crippen LogP contribution in [0.3, 0.4) is 0 Å². The first-order valence-electron chi connectivity index (χ1n) is 5.65. The Morgan fingerprint density at radius 1 is 1.25 bits per heavy atom. The van der Waals surface area contributed by atoms with Gasteiger partial charge < -0.3 is 0 Å². The average Bonchev–Trinajstić information content (AvgIpc) is 2.73. The first-order valence-corrected chi connectivity index (χ1v) is 7.20. The van der Waals surface area contributed by atoms with Crippen molar-refractivity contribution in [1.29, 1.82) is 0 Å². The first kappa shape index (κ1) is 14.3. The largest absolute Gasteiger partial charge is 0.290 e. The van der Waals surface area contributed by atoms with Crippen LogP contribution in [0, 0.1) is 0 Å². The number of hydrogen-bond acceptors (Lipinski definition) is 6. The zero-order valence-corrected chi connectivity index (χ0v) is 12.0. The highest BCUT2D eigenvalue weighted by atomic mass is 32.2. The molecule has 2 rings (SSSR count). The quantitative estimate of drug-likeness (QED) is 0.761. The second-order valence-corrected chi connectivity index (χ2v) is 6.62. The van der Waals surface area contributed by atoms with Gasteiger partial charge in [0.2, 0.25) is 0 Å². The Bertz CT molecular complexity index is 779. The summed E-state index contributed by atoms with van der Waals surface area (Å²) in [5, 5.41) is 18.3. The molecular weight excluding hydrogens is 284 g/mol. The van der Waals surface area contributed by atoms with Gasteiger partial charge in [-0.15, -0.1) is 10.2 Å². The van der Waals surface area contributed by atoms with Crippen molar-refractivity contribution in [2.45, 2.75) is 31.5 Å². The van der Waals surface area contributed by atoms with Crippen molar-refractivity contribution in [3.05, 3.63) is 22.5 Å². The minimum Gasteiger partial charge on any atom is -0.290 e. The molecule has 10 heteroatoms. The molecule has 0 aliphatic carbocycles. The summed E-state index contributed by atoms with van der Waals surface area (Å²) < 4.78 is 24.5. The van der Waals surface area contributed by atoms with E-state index in [1.165, 1.54) is 16.7 Å². The van der Waals surface area contributed by atoms with Crippen molar-refractivity contribution in [3.8, 4) is 11.5 Å². The third-order valence-electron chi connectivity index (χ3n) is 2.47. The van der Waals surface area contributed by atoms with Gasteiger partial charge in [-0.05, 0) is 26.8 Å². The summed E-state index contributed by atoms with van der Waals surface area (Å²) >= 11 is 0. The SMILES string of the molecule is CC(C)(C)n1c(-c2ccc(=O)[nH]n2)nnc1S(N)(=O)=O. The highest BCUT2D eigenvalue weighted by Crippen LogP contribution is 2.25. The van der Waals surface area contributed by atoms with E-state index in [0.29, 0.717) is 5.69 Å². The van der Waals surface area contributed by atoms with E-state index in [4.69, 9.17) is 5.14 Å². The number of H-pyrrole nitrogens is 1. The maximum absolute atomic E-state index is 11.6. The summed E-state index contributed by atoms with van der Waals surface area (Å²) in [5.41, 5.74) is -0.720. The number of aromatic amines is 1. The standard InChI is InChI=1S/C10H14N6O3S/c1-10(2,3)16-8(6-4-5-7(17)13-12-6)14-15-9(16)20(11,18)19/h4-5H,1-3H3,(H,13,17)(H2,11,18,19). The Morgan fingerprint density at radius 3 is 2.35 bits per heavy atom. The first-order chi connectivity index (χ1) is 9.10. The fourth-order valence-corrected chi connectivity index (χ4v) is 2.46. The molecule has 0 aliphatic rings. The molecule has 108 valence electrons. The van der Waals surface area contributed by atoms with E-state index < -0.39 is 15.6 Å². The third kappa shape index (κ3) is 2.60. The number of nitrogens with two attached hydrogens (primary N) is 1. The number of nitrogens with zero attached hydrogens (tertiary/aromatic N) is 4. The summed E-state index contributed by atoms with van der Waals surface area (Å²) in [5.74, 6) is 0.206. The molecule has 9 nitrogen and oxygen atoms in total. The summed E-state index contributed by atoms with van der Waals surface area (Å²) in [7, 11) is -4.02. The van der Waals surface area contributed by atoms with Gasteiger partial charge in [-0.1, -0.05) is 0 Å². The molecule has 0 saturated carbocycles. The molecule has 0 aliphatic heterocycles. The van der Waals surface area contributed by atoms with Crippen molar-refractivity contribution >= 4 is 10.0 Å². The Labute approximate surface area is 114 Å². The van der Waals surface area contributed by atoms with Crippen LogP contribution in [0.15, 0.2) is 22.1 Å². The highest BCUT2D eigenvalue weighted by Gasteiger charge is 2.29. The van der Waals surface area contributed by atoms with Gasteiger partial charge in [-0.2, -0.15) is 5.10 Å². The molecule has 0 atom stereocenters. The molecule has 0 radical (unpaired) electrons. The number of rotatable bonds is 2. The summed E-state index contributed by atoms with van der Waals surface area (Å²) in [6.45, 7) is 5.33. The highest BCUT2D eigenvalue weighted by molar-refractivity contribution is 7.89. The van der Waals surface area contributed by atoms with Gasteiger partial charge in [0.05, 0.1) is 0 Å². The van der Waals surface area contributed by atoms with Crippen molar-refractivity contribution in [1.82, 2.24) is 25.0 Å². The molecule has 0 aromatic carbocycles. The van der Waals surface area contributed by atoms with E-state index in [1.807, 2.05) is 0 Å². The topological polar surface area (TPSA) is 137 Å². The Kier molecular flexibility index (Phi) is 3.22. The predicted molar refractivity (Wildman–Crippen MR) is 70.2 cm³/mol. The number of nitrogens with one attached hydrogen (secondary N) is 1. The minimum absolute atomic E-state index is 0.206. The smallest absolute Gasteiger partial charge is 0.273 e. The lowest BCUT2D eigenvalue weighted by Crippen LogP contribution is -2.29. The molecule has 20 heavy (non-hydrogen) atoms. The van der Waals surface area contributed by atoms with Gasteiger partial charge in [0.1, 0.15) is 5.69 Å². The van der Waals surface area contributed by atoms with Crippen LogP contribution in [-0.2, 0) is 15.6 Å². The molecule has 0 unspecified atom stereocenters. The van der Waals surface area contributed by atoms with E-state index in [1.54, 1.807) is 20.8 Å². The van der Waals surface area contributed by atoms with Gasteiger partial charge in [0.15, 0.2) is 5.82 Å². The molecule has 0 amide bonds. The van der Waals surface area contributed by atoms with Gasteiger partial charge in [-0.25, -0.2) is 18.7 Å². The van der Waals surface area contributed by atoms with Crippen molar-refractivity contribution < 1.29 is 8.42 Å². The summed E-state index contributed by atoms with van der Waals surface area (Å²) in [4.78, 5) is 11.0. The predicted octanol–water partition coefficient (Wildman–Crippen LogP) is -0.569. The van der Waals surface area contributed by atoms with Gasteiger partial charge in [0.25, 0.3) is 20.7 Å². The summed E-state index contributed by atoms with van der Waals surface area (Å²) in [6.07, 6.45) is 0. The number of sulfonamides is 1. The van der Waals surface area contributed by atoms with E-state index >= 15 is 0 Å². The van der Waals surface area contributed by atoms with Crippen LogP contribution in [0.25, 0.3) is 11.5 Å². The number of aromatic nitrogens is 5. The van der Waals surface area contributed by atoms with E-state index in [0.717, 1.165) is 0 Å². The molecule has 0 fully saturated rings. The number of hydrogen-bond donors (Lipinski definition) is 2. The Morgan fingerprint density at radius 2 is 1.90 bits per heavy atom. The number of primary sulfonamides is 1. The zero-order chi connectivity index (χ0) is 15.1. The average molecular weight is 298 g/mol. The third-order valence-corrected chi connectivity index (χ3v) is 3.24. The fraction of sp³-hybridized carbons (Fsp3) is 0.400. The lowest BCUT2D eigenvalue weighted by molar-refractivity contribution is 0.365. The molecule has 0 bridgehead atoms. The minimum atomic E-state index is -4.02. The molecular formula is C10H14N6O3S. The maximum Gasteiger partial charge on any atom is 0.273 e. The Balaban J connectivity index is 2.76. The molecule has 3 N–H and O–H groups in total. The van der Waals surface area contributed by atoms with Crippen molar-refractivity contribution in [2.24, 2.45) is 5.14 Å². The Hall–Kier alpha value is -2.07. The van der Waals surface area contributed by atoms with Crippen LogP contribution < -0.4 is 10.7 Å². The molecule has 2 aromatic heterocycles. The van der Waals surface area contributed by atoms with Crippen LogP contribution in [-0.4, -0.2) is 33.4 Å². The monoisotopic (exact) mass is 298 g/mol. The second-order valence-electron chi connectivity index (χ2n) is 5.16. The van der Waals surface area contributed by atoms with Crippen molar-refractivity contribution in [2.75, 3.05) is 0 Å². The lowest BCUT2D eigenvalue weighted by Gasteiger charge is -2.23. The maximum atomic E-state index is 11.6. The van der Waals surface area contributed by atoms with Gasteiger partial charge >= 0.3 is 0 Å². The van der Waals surface area contributed by atoms with E-state index in [2.05, 4.69) is 20.4 Å². The lowest BCUT2D eigenvalue weighted by atomic mass is 10.1. The molecule has 2 heterocycles. The van der Waals surface area contributed by atoms with Crippen LogP contribution >= 0.6 is 0 Å². The van der Waals surface area contributed by atoms with E-state index in [-0.39, 0.29) is 16.5 Å². The zero-order valence-electron chi connectivity index (χ0n) is 11.2. The normalized spacial score (nSPS) is 12.6. The molecule has 0 spiro atoms. The van der Waals surface area contributed by atoms with Crippen LogP contribution in [0.2, 0.25) is 0 Å². The van der Waals surface area contributed by atoms with Gasteiger partial charge in [-0.3, -0.25) is 9.36 Å². The van der Waals surface area contributed by atoms with E-state index in [9.17, 15) is 13.2 Å². The molecule has 2 aromatic rings. The van der Waals surface area contributed by atoms with Crippen LogP contribution in [0.4, 0.5) is 0 Å². The summed E-state index contributed by atoms with van der Waals surface area (Å²) in [6, 6.07) is 2.69. The van der Waals surface area contributed by atoms with Crippen molar-refractivity contribution in [3.63, 3.8) is 0 Å². The van der Waals surface area contributed by atoms with Gasteiger partial charge in [0, 0.05) is 11.6 Å². The molecule has 0 saturated heterocycles. The fourth-order valence-electron chi connectivity index (χ4n) is 1.69. The van der Waals surface area contributed by atoms with Crippen LogP contribution in [0.5, 0.6) is 0 Å². The van der Waals surface area contributed by atoms with Crippen LogP contribution in [0.1, 0.15) is 20.8 Å².